The molecule has 2 heterocycles. The van der Waals surface area contributed by atoms with Crippen LogP contribution in [0.1, 0.15) is 43.2 Å². The summed E-state index contributed by atoms with van der Waals surface area (Å²) < 4.78 is 22.3. The number of likely N-dealkylation sites (tertiary alicyclic amines) is 1. The molecular weight excluding hydrogens is 514 g/mol. The number of para-hydroxylation sites is 1. The summed E-state index contributed by atoms with van der Waals surface area (Å²) in [6.45, 7) is 4.44. The second-order valence-electron chi connectivity index (χ2n) is 10.3. The number of carbonyl (C=O) groups excluding carboxylic acids is 1. The van der Waals surface area contributed by atoms with E-state index in [1.54, 1.807) is 14.2 Å². The van der Waals surface area contributed by atoms with Crippen LogP contribution >= 0.6 is 0 Å². The van der Waals surface area contributed by atoms with Crippen LogP contribution in [0.15, 0.2) is 36.4 Å². The number of nitrogens with zero attached hydrogens (tertiary/aromatic N) is 2. The van der Waals surface area contributed by atoms with Gasteiger partial charge in [-0.15, -0.1) is 0 Å². The molecule has 0 saturated carbocycles. The lowest BCUT2D eigenvalue weighted by molar-refractivity contribution is -0.143. The van der Waals surface area contributed by atoms with E-state index in [9.17, 15) is 14.7 Å². The Morgan fingerprint density at radius 2 is 1.85 bits per heavy atom. The van der Waals surface area contributed by atoms with Crippen LogP contribution in [0.5, 0.6) is 23.0 Å². The highest BCUT2D eigenvalue weighted by Crippen LogP contribution is 2.47. The third-order valence-electron chi connectivity index (χ3n) is 7.87. The number of carboxylic acids is 1. The molecule has 0 spiro atoms. The third-order valence-corrected chi connectivity index (χ3v) is 7.87. The second-order valence-corrected chi connectivity index (χ2v) is 10.3. The lowest BCUT2D eigenvalue weighted by atomic mass is 9.83. The second kappa shape index (κ2) is 13.7. The minimum atomic E-state index is -0.914. The van der Waals surface area contributed by atoms with Crippen LogP contribution in [-0.2, 0) is 16.0 Å². The summed E-state index contributed by atoms with van der Waals surface area (Å²) in [5.41, 5.74) is 7.42. The molecule has 2 aliphatic rings. The van der Waals surface area contributed by atoms with Gasteiger partial charge in [0.15, 0.2) is 11.5 Å². The van der Waals surface area contributed by atoms with Gasteiger partial charge in [-0.25, -0.2) is 0 Å². The molecule has 2 aromatic carbocycles. The first kappa shape index (κ1) is 29.5. The van der Waals surface area contributed by atoms with Gasteiger partial charge in [0, 0.05) is 31.6 Å². The highest BCUT2D eigenvalue weighted by atomic mass is 16.7. The summed E-state index contributed by atoms with van der Waals surface area (Å²) in [5, 5.41) is 10.6. The number of benzene rings is 2. The van der Waals surface area contributed by atoms with E-state index in [4.69, 9.17) is 24.7 Å². The first-order valence-corrected chi connectivity index (χ1v) is 14.0. The van der Waals surface area contributed by atoms with Crippen molar-refractivity contribution in [2.24, 2.45) is 11.7 Å². The molecule has 10 heteroatoms. The molecule has 10 nitrogen and oxygen atoms in total. The molecule has 0 aromatic heterocycles. The Hall–Kier alpha value is -3.50. The van der Waals surface area contributed by atoms with Crippen molar-refractivity contribution in [2.45, 2.75) is 44.6 Å². The normalized spacial score (nSPS) is 19.9. The zero-order valence-electron chi connectivity index (χ0n) is 23.6. The van der Waals surface area contributed by atoms with Crippen LogP contribution < -0.4 is 24.7 Å². The monoisotopic (exact) mass is 555 g/mol. The van der Waals surface area contributed by atoms with Crippen molar-refractivity contribution in [3.05, 3.63) is 47.5 Å². The molecule has 1 fully saturated rings. The molecule has 40 heavy (non-hydrogen) atoms. The van der Waals surface area contributed by atoms with E-state index in [1.807, 2.05) is 46.2 Å². The standard InChI is InChI=1S/C30H41N3O7/c1-4-5-12-32(13-8-11-31)27(34)18-33-17-22(21-15-25(38-3)29-26(16-21)39-19-40-29)28(30(35)36)23(33)14-20-9-6-7-10-24(20)37-2/h6-7,9-10,15-16,22-23,28H,4-5,8,11-14,17-19,31H2,1-3H3,(H,35,36)/t22-,23+,28?/m1/s1. The molecule has 3 N–H and O–H groups in total. The lowest BCUT2D eigenvalue weighted by Crippen LogP contribution is -2.45. The van der Waals surface area contributed by atoms with Crippen LogP contribution in [0.4, 0.5) is 0 Å². The average molecular weight is 556 g/mol. The number of amides is 1. The number of rotatable bonds is 14. The Balaban J connectivity index is 1.70. The van der Waals surface area contributed by atoms with E-state index in [0.29, 0.717) is 55.6 Å². The smallest absolute Gasteiger partial charge is 0.308 e. The molecule has 2 aromatic rings. The van der Waals surface area contributed by atoms with Crippen LogP contribution in [0.3, 0.4) is 0 Å². The summed E-state index contributed by atoms with van der Waals surface area (Å²) in [4.78, 5) is 30.4. The van der Waals surface area contributed by atoms with Gasteiger partial charge in [-0.1, -0.05) is 31.5 Å². The van der Waals surface area contributed by atoms with Crippen LogP contribution in [0.25, 0.3) is 0 Å². The number of methoxy groups -OCH3 is 2. The number of carboxylic acid groups (broad SMARTS) is 1. The largest absolute Gasteiger partial charge is 0.496 e. The van der Waals surface area contributed by atoms with E-state index >= 15 is 0 Å². The summed E-state index contributed by atoms with van der Waals surface area (Å²) in [6.07, 6.45) is 3.02. The predicted octanol–water partition coefficient (Wildman–Crippen LogP) is 3.12. The summed E-state index contributed by atoms with van der Waals surface area (Å²) >= 11 is 0. The summed E-state index contributed by atoms with van der Waals surface area (Å²) in [6, 6.07) is 10.8. The van der Waals surface area contributed by atoms with E-state index in [1.165, 1.54) is 0 Å². The molecular formula is C30H41N3O7. The highest BCUT2D eigenvalue weighted by Gasteiger charge is 2.48. The Kier molecular flexibility index (Phi) is 10.1. The van der Waals surface area contributed by atoms with Gasteiger partial charge in [-0.2, -0.15) is 0 Å². The Labute approximate surface area is 235 Å². The predicted molar refractivity (Wildman–Crippen MR) is 150 cm³/mol. The van der Waals surface area contributed by atoms with Gasteiger partial charge in [0.25, 0.3) is 0 Å². The maximum atomic E-state index is 13.6. The van der Waals surface area contributed by atoms with Crippen molar-refractivity contribution in [1.82, 2.24) is 9.80 Å². The molecule has 3 atom stereocenters. The molecule has 1 unspecified atom stereocenters. The minimum absolute atomic E-state index is 0.0139. The van der Waals surface area contributed by atoms with Gasteiger partial charge < -0.3 is 34.7 Å². The van der Waals surface area contributed by atoms with Gasteiger partial charge in [-0.05, 0) is 55.1 Å². The van der Waals surface area contributed by atoms with Gasteiger partial charge >= 0.3 is 5.97 Å². The molecule has 0 aliphatic carbocycles. The van der Waals surface area contributed by atoms with Gasteiger partial charge in [0.05, 0.1) is 26.7 Å². The van der Waals surface area contributed by atoms with Gasteiger partial charge in [-0.3, -0.25) is 14.5 Å². The fraction of sp³-hybridized carbons (Fsp3) is 0.533. The average Bonchev–Trinajstić information content (AvgIpc) is 3.57. The highest BCUT2D eigenvalue weighted by molar-refractivity contribution is 5.79. The van der Waals surface area contributed by atoms with Crippen molar-refractivity contribution in [1.29, 1.82) is 0 Å². The van der Waals surface area contributed by atoms with E-state index < -0.39 is 23.8 Å². The maximum Gasteiger partial charge on any atom is 0.308 e. The number of unbranched alkanes of at least 4 members (excludes halogenated alkanes) is 1. The number of ether oxygens (including phenoxy) is 4. The van der Waals surface area contributed by atoms with Crippen molar-refractivity contribution in [2.75, 3.05) is 53.7 Å². The van der Waals surface area contributed by atoms with Gasteiger partial charge in [0.1, 0.15) is 5.75 Å². The number of hydrogen-bond acceptors (Lipinski definition) is 8. The first-order valence-electron chi connectivity index (χ1n) is 14.0. The van der Waals surface area contributed by atoms with Crippen molar-refractivity contribution in [3.8, 4) is 23.0 Å². The van der Waals surface area contributed by atoms with Crippen LogP contribution in [-0.4, -0.2) is 86.6 Å². The molecule has 0 radical (unpaired) electrons. The van der Waals surface area contributed by atoms with Crippen molar-refractivity contribution < 1.29 is 33.6 Å². The van der Waals surface area contributed by atoms with E-state index in [2.05, 4.69) is 6.92 Å². The lowest BCUT2D eigenvalue weighted by Gasteiger charge is -2.30. The summed E-state index contributed by atoms with van der Waals surface area (Å²) in [7, 11) is 3.15. The molecule has 1 amide bonds. The van der Waals surface area contributed by atoms with Gasteiger partial charge in [0.2, 0.25) is 18.4 Å². The molecule has 0 bridgehead atoms. The zero-order chi connectivity index (χ0) is 28.6. The minimum Gasteiger partial charge on any atom is -0.496 e. The number of fused-ring (bicyclic) bond motifs is 1. The maximum absolute atomic E-state index is 13.6. The SMILES string of the molecule is CCCCN(CCCN)C(=O)CN1C[C@H](c2cc(OC)c3c(c2)OCO3)C(C(=O)O)[C@@H]1Cc1ccccc1OC. The fourth-order valence-electron chi connectivity index (χ4n) is 5.81. The van der Waals surface area contributed by atoms with E-state index in [-0.39, 0.29) is 19.2 Å². The first-order chi connectivity index (χ1) is 19.4. The number of hydrogen-bond donors (Lipinski definition) is 2. The molecule has 2 aliphatic heterocycles. The van der Waals surface area contributed by atoms with E-state index in [0.717, 1.165) is 30.4 Å². The van der Waals surface area contributed by atoms with Crippen molar-refractivity contribution >= 4 is 11.9 Å². The summed E-state index contributed by atoms with van der Waals surface area (Å²) in [5.74, 6) is 0.123. The Bertz CT molecular complexity index is 1170. The number of aliphatic carboxylic acids is 1. The Morgan fingerprint density at radius 3 is 2.55 bits per heavy atom. The quantitative estimate of drug-likeness (QED) is 0.362. The molecule has 218 valence electrons. The fourth-order valence-corrected chi connectivity index (χ4v) is 5.81. The number of carbonyl (C=O) groups is 2. The van der Waals surface area contributed by atoms with Crippen molar-refractivity contribution in [3.63, 3.8) is 0 Å². The van der Waals surface area contributed by atoms with Crippen LogP contribution in [0, 0.1) is 5.92 Å². The Morgan fingerprint density at radius 1 is 1.10 bits per heavy atom. The third kappa shape index (κ3) is 6.45. The topological polar surface area (TPSA) is 124 Å². The molecule has 1 saturated heterocycles. The van der Waals surface area contributed by atoms with Crippen LogP contribution in [0.2, 0.25) is 0 Å². The zero-order valence-corrected chi connectivity index (χ0v) is 23.6. The number of nitrogens with two attached hydrogens (primary N) is 1. The molecule has 4 rings (SSSR count).